The van der Waals surface area contributed by atoms with Crippen molar-refractivity contribution in [2.45, 2.75) is 6.54 Å². The summed E-state index contributed by atoms with van der Waals surface area (Å²) in [5.74, 6) is 1.69. The van der Waals surface area contributed by atoms with Crippen LogP contribution in [0.3, 0.4) is 0 Å². The Morgan fingerprint density at radius 2 is 2.18 bits per heavy atom. The molecule has 0 saturated heterocycles. The maximum absolute atomic E-state index is 10.9. The van der Waals surface area contributed by atoms with Gasteiger partial charge in [-0.2, -0.15) is 0 Å². The van der Waals surface area contributed by atoms with Crippen molar-refractivity contribution in [2.75, 3.05) is 18.6 Å². The Morgan fingerprint density at radius 1 is 1.41 bits per heavy atom. The van der Waals surface area contributed by atoms with Gasteiger partial charge in [0.2, 0.25) is 0 Å². The monoisotopic (exact) mass is 251 g/mol. The van der Waals surface area contributed by atoms with E-state index in [1.54, 1.807) is 6.26 Å². The Morgan fingerprint density at radius 3 is 2.88 bits per heavy atom. The minimum atomic E-state index is -0.733. The van der Waals surface area contributed by atoms with Crippen LogP contribution >= 0.6 is 0 Å². The molecular weight excluding hydrogens is 234 g/mol. The third kappa shape index (κ3) is 2.92. The fourth-order valence-electron chi connectivity index (χ4n) is 1.77. The predicted molar refractivity (Wildman–Crippen MR) is 71.4 cm³/mol. The second kappa shape index (κ2) is 5.42. The number of para-hydroxylation sites is 2. The topological polar surface area (TPSA) is 46.9 Å². The van der Waals surface area contributed by atoms with E-state index in [2.05, 4.69) is 20.9 Å². The highest BCUT2D eigenvalue weighted by atomic mass is 32.2. The molecule has 1 N–H and O–H groups in total. The number of benzene rings is 1. The van der Waals surface area contributed by atoms with Gasteiger partial charge in [0, 0.05) is 36.4 Å². The number of hydrogen-bond donors (Lipinski definition) is 1. The van der Waals surface area contributed by atoms with Crippen molar-refractivity contribution in [3.8, 4) is 0 Å². The highest BCUT2D eigenvalue weighted by Gasteiger charge is 2.05. The third-order valence-corrected chi connectivity index (χ3v) is 3.51. The first-order valence-corrected chi connectivity index (χ1v) is 7.32. The van der Waals surface area contributed by atoms with Crippen LogP contribution in [0, 0.1) is 0 Å². The molecule has 0 radical (unpaired) electrons. The highest BCUT2D eigenvalue weighted by molar-refractivity contribution is 7.84. The molecule has 1 heterocycles. The molecule has 0 aliphatic heterocycles. The lowest BCUT2D eigenvalue weighted by atomic mass is 10.3. The smallest absolute Gasteiger partial charge is 0.123 e. The predicted octanol–water partition coefficient (Wildman–Crippen LogP) is 1.04. The van der Waals surface area contributed by atoms with Crippen LogP contribution in [-0.2, 0) is 24.4 Å². The molecule has 0 amide bonds. The van der Waals surface area contributed by atoms with E-state index in [4.69, 9.17) is 0 Å². The van der Waals surface area contributed by atoms with Crippen LogP contribution in [0.5, 0.6) is 0 Å². The first kappa shape index (κ1) is 12.3. The van der Waals surface area contributed by atoms with Gasteiger partial charge in [0.25, 0.3) is 0 Å². The molecule has 1 atom stereocenters. The molecule has 5 heteroatoms. The van der Waals surface area contributed by atoms with Crippen LogP contribution in [0.2, 0.25) is 0 Å². The van der Waals surface area contributed by atoms with Crippen LogP contribution in [-0.4, -0.2) is 32.3 Å². The SMILES string of the molecule is Cn1c(CNCCS(C)=O)nc2ccccc21. The molecule has 0 spiro atoms. The zero-order chi connectivity index (χ0) is 12.3. The van der Waals surface area contributed by atoms with Gasteiger partial charge in [-0.15, -0.1) is 0 Å². The molecule has 0 bridgehead atoms. The lowest BCUT2D eigenvalue weighted by molar-refractivity contribution is 0.657. The number of fused-ring (bicyclic) bond motifs is 1. The minimum absolute atomic E-state index is 0.684. The number of aromatic nitrogens is 2. The summed E-state index contributed by atoms with van der Waals surface area (Å²) >= 11 is 0. The molecule has 0 fully saturated rings. The van der Waals surface area contributed by atoms with Crippen molar-refractivity contribution in [1.29, 1.82) is 0 Å². The largest absolute Gasteiger partial charge is 0.330 e. The number of nitrogens with zero attached hydrogens (tertiary/aromatic N) is 2. The molecule has 0 aliphatic rings. The number of hydrogen-bond acceptors (Lipinski definition) is 3. The molecule has 2 rings (SSSR count). The molecule has 1 unspecified atom stereocenters. The zero-order valence-corrected chi connectivity index (χ0v) is 11.0. The van der Waals surface area contributed by atoms with Gasteiger partial charge in [-0.25, -0.2) is 4.98 Å². The Hall–Kier alpha value is -1.20. The Kier molecular flexibility index (Phi) is 3.91. The van der Waals surface area contributed by atoms with E-state index in [-0.39, 0.29) is 0 Å². The van der Waals surface area contributed by atoms with E-state index in [9.17, 15) is 4.21 Å². The molecule has 17 heavy (non-hydrogen) atoms. The van der Waals surface area contributed by atoms with Crippen LogP contribution in [0.4, 0.5) is 0 Å². The van der Waals surface area contributed by atoms with Crippen molar-refractivity contribution in [3.05, 3.63) is 30.1 Å². The van der Waals surface area contributed by atoms with Gasteiger partial charge in [0.1, 0.15) is 5.82 Å². The summed E-state index contributed by atoms with van der Waals surface area (Å²) in [6.07, 6.45) is 1.72. The van der Waals surface area contributed by atoms with Crippen LogP contribution in [0.15, 0.2) is 24.3 Å². The summed E-state index contributed by atoms with van der Waals surface area (Å²) < 4.78 is 13.0. The summed E-state index contributed by atoms with van der Waals surface area (Å²) in [4.78, 5) is 4.55. The number of imidazole rings is 1. The van der Waals surface area contributed by atoms with E-state index < -0.39 is 10.8 Å². The number of nitrogens with one attached hydrogen (secondary N) is 1. The van der Waals surface area contributed by atoms with Gasteiger partial charge >= 0.3 is 0 Å². The van der Waals surface area contributed by atoms with Gasteiger partial charge in [0.15, 0.2) is 0 Å². The first-order chi connectivity index (χ1) is 8.18. The van der Waals surface area contributed by atoms with Crippen LogP contribution in [0.25, 0.3) is 11.0 Å². The maximum atomic E-state index is 10.9. The van der Waals surface area contributed by atoms with E-state index >= 15 is 0 Å². The number of rotatable bonds is 5. The molecule has 0 aliphatic carbocycles. The Balaban J connectivity index is 2.04. The molecule has 1 aromatic heterocycles. The molecule has 0 saturated carbocycles. The first-order valence-electron chi connectivity index (χ1n) is 5.59. The van der Waals surface area contributed by atoms with Gasteiger partial charge in [0.05, 0.1) is 17.6 Å². The van der Waals surface area contributed by atoms with Gasteiger partial charge in [-0.05, 0) is 12.1 Å². The maximum Gasteiger partial charge on any atom is 0.123 e. The Bertz CT molecular complexity index is 536. The van der Waals surface area contributed by atoms with Crippen LogP contribution in [0.1, 0.15) is 5.82 Å². The average molecular weight is 251 g/mol. The molecule has 2 aromatic rings. The van der Waals surface area contributed by atoms with Crippen molar-refractivity contribution >= 4 is 21.8 Å². The van der Waals surface area contributed by atoms with Gasteiger partial charge in [-0.3, -0.25) is 4.21 Å². The second-order valence-electron chi connectivity index (χ2n) is 4.03. The lowest BCUT2D eigenvalue weighted by Gasteiger charge is -2.03. The summed E-state index contributed by atoms with van der Waals surface area (Å²) in [5, 5.41) is 3.26. The fourth-order valence-corrected chi connectivity index (χ4v) is 2.20. The summed E-state index contributed by atoms with van der Waals surface area (Å²) in [5.41, 5.74) is 2.16. The summed E-state index contributed by atoms with van der Waals surface area (Å²) in [6.45, 7) is 1.47. The Labute approximate surface area is 104 Å². The summed E-state index contributed by atoms with van der Waals surface area (Å²) in [7, 11) is 1.28. The van der Waals surface area contributed by atoms with Crippen molar-refractivity contribution in [2.24, 2.45) is 7.05 Å². The molecular formula is C12H17N3OS. The van der Waals surface area contributed by atoms with E-state index in [1.807, 2.05) is 25.2 Å². The molecule has 4 nitrogen and oxygen atoms in total. The standard InChI is InChI=1S/C12H17N3OS/c1-15-11-6-4-3-5-10(11)14-12(15)9-13-7-8-17(2)16/h3-6,13H,7-9H2,1-2H3. The summed E-state index contributed by atoms with van der Waals surface area (Å²) in [6, 6.07) is 8.08. The highest BCUT2D eigenvalue weighted by Crippen LogP contribution is 2.13. The van der Waals surface area contributed by atoms with Crippen molar-refractivity contribution in [1.82, 2.24) is 14.9 Å². The van der Waals surface area contributed by atoms with E-state index in [0.29, 0.717) is 12.3 Å². The minimum Gasteiger partial charge on any atom is -0.330 e. The quantitative estimate of drug-likeness (QED) is 0.808. The van der Waals surface area contributed by atoms with Gasteiger partial charge in [-0.1, -0.05) is 12.1 Å². The second-order valence-corrected chi connectivity index (χ2v) is 5.58. The van der Waals surface area contributed by atoms with Gasteiger partial charge < -0.3 is 9.88 Å². The normalized spacial score (nSPS) is 13.1. The lowest BCUT2D eigenvalue weighted by Crippen LogP contribution is -2.21. The third-order valence-electron chi connectivity index (χ3n) is 2.73. The van der Waals surface area contributed by atoms with Crippen LogP contribution < -0.4 is 5.32 Å². The molecule has 92 valence electrons. The van der Waals surface area contributed by atoms with Crippen molar-refractivity contribution < 1.29 is 4.21 Å². The fraction of sp³-hybridized carbons (Fsp3) is 0.417. The van der Waals surface area contributed by atoms with Crippen molar-refractivity contribution in [3.63, 3.8) is 0 Å². The van der Waals surface area contributed by atoms with E-state index in [0.717, 1.165) is 23.4 Å². The van der Waals surface area contributed by atoms with E-state index in [1.165, 1.54) is 0 Å². The zero-order valence-electron chi connectivity index (χ0n) is 10.1. The molecule has 1 aromatic carbocycles. The number of aryl methyl sites for hydroxylation is 1. The average Bonchev–Trinajstić information content (AvgIpc) is 2.63.